The third-order valence-electron chi connectivity index (χ3n) is 4.01. The van der Waals surface area contributed by atoms with E-state index in [1.165, 1.54) is 0 Å². The van der Waals surface area contributed by atoms with Crippen LogP contribution in [0.1, 0.15) is 19.2 Å². The topological polar surface area (TPSA) is 92.3 Å². The van der Waals surface area contributed by atoms with Crippen molar-refractivity contribution in [3.05, 3.63) is 17.3 Å². The maximum absolute atomic E-state index is 12.2. The molecule has 130 valence electrons. The molecule has 7 nitrogen and oxygen atoms in total. The van der Waals surface area contributed by atoms with Gasteiger partial charge in [-0.05, 0) is 17.9 Å². The van der Waals surface area contributed by atoms with Crippen molar-refractivity contribution in [3.63, 3.8) is 0 Å². The van der Waals surface area contributed by atoms with Gasteiger partial charge >= 0.3 is 0 Å². The predicted octanol–water partition coefficient (Wildman–Crippen LogP) is 0.993. The molecule has 1 saturated heterocycles. The van der Waals surface area contributed by atoms with Crippen molar-refractivity contribution in [1.29, 1.82) is 0 Å². The van der Waals surface area contributed by atoms with E-state index >= 15 is 0 Å². The van der Waals surface area contributed by atoms with Crippen LogP contribution in [0.4, 0.5) is 5.82 Å². The number of amides is 1. The Morgan fingerprint density at radius 3 is 2.92 bits per heavy atom. The number of hydrogen-bond donors (Lipinski definition) is 1. The van der Waals surface area contributed by atoms with Crippen molar-refractivity contribution in [1.82, 2.24) is 15.3 Å². The Balaban J connectivity index is 1.71. The molecule has 1 aliphatic heterocycles. The summed E-state index contributed by atoms with van der Waals surface area (Å²) < 4.78 is 23.0. The Morgan fingerprint density at radius 2 is 2.25 bits per heavy atom. The molecule has 0 aliphatic carbocycles. The lowest BCUT2D eigenvalue weighted by Crippen LogP contribution is -2.41. The van der Waals surface area contributed by atoms with Gasteiger partial charge in [-0.1, -0.05) is 6.92 Å². The highest BCUT2D eigenvalue weighted by Crippen LogP contribution is 2.27. The number of fused-ring (bicyclic) bond motifs is 1. The number of aryl methyl sites for hydroxylation is 1. The molecule has 1 aliphatic rings. The molecule has 1 N–H and O–H groups in total. The van der Waals surface area contributed by atoms with Crippen LogP contribution in [0, 0.1) is 0 Å². The quantitative estimate of drug-likeness (QED) is 0.846. The number of nitrogens with one attached hydrogen (secondary N) is 1. The molecular weight excluding hydrogens is 348 g/mol. The number of sulfone groups is 1. The van der Waals surface area contributed by atoms with Crippen LogP contribution >= 0.6 is 11.3 Å². The van der Waals surface area contributed by atoms with Crippen molar-refractivity contribution in [2.75, 3.05) is 30.0 Å². The first-order chi connectivity index (χ1) is 11.4. The summed E-state index contributed by atoms with van der Waals surface area (Å²) >= 11 is 1.55. The first kappa shape index (κ1) is 17.1. The maximum atomic E-state index is 12.2. The third kappa shape index (κ3) is 3.67. The lowest BCUT2D eigenvalue weighted by molar-refractivity contribution is -0.120. The molecule has 1 atom stereocenters. The number of likely N-dealkylation sites (N-methyl/N-ethyl adjacent to an activating group) is 1. The third-order valence-corrected chi connectivity index (χ3v) is 6.58. The second kappa shape index (κ2) is 6.64. The molecule has 0 aromatic carbocycles. The van der Waals surface area contributed by atoms with Gasteiger partial charge in [0.15, 0.2) is 9.84 Å². The fourth-order valence-electron chi connectivity index (χ4n) is 2.80. The number of nitrogens with zero attached hydrogens (tertiary/aromatic N) is 3. The van der Waals surface area contributed by atoms with Gasteiger partial charge in [-0.25, -0.2) is 18.4 Å². The van der Waals surface area contributed by atoms with E-state index in [2.05, 4.69) is 15.3 Å². The summed E-state index contributed by atoms with van der Waals surface area (Å²) in [5.74, 6) is 1.46. The lowest BCUT2D eigenvalue weighted by atomic mass is 10.2. The minimum Gasteiger partial charge on any atom is -0.351 e. The Hall–Kier alpha value is -1.74. The van der Waals surface area contributed by atoms with E-state index in [1.54, 1.807) is 16.2 Å². The standard InChI is InChI=1S/C15H20N4O3S2/c1-3-12-17-14(11-4-6-23-15(11)18-12)19(2)8-13(20)16-10-5-7-24(21,22)9-10/h4,6,10H,3,5,7-9H2,1-2H3,(H,16,20). The van der Waals surface area contributed by atoms with Gasteiger partial charge in [-0.2, -0.15) is 0 Å². The maximum Gasteiger partial charge on any atom is 0.239 e. The summed E-state index contributed by atoms with van der Waals surface area (Å²) in [6, 6.07) is 1.67. The Bertz CT molecular complexity index is 863. The van der Waals surface area contributed by atoms with Crippen LogP contribution in [-0.4, -0.2) is 55.4 Å². The number of anilines is 1. The molecular formula is C15H20N4O3S2. The molecule has 3 heterocycles. The van der Waals surface area contributed by atoms with Crippen LogP contribution in [0.15, 0.2) is 11.4 Å². The van der Waals surface area contributed by atoms with Crippen molar-refractivity contribution in [3.8, 4) is 0 Å². The molecule has 1 amide bonds. The minimum atomic E-state index is -3.00. The average Bonchev–Trinajstić information content (AvgIpc) is 3.11. The molecule has 9 heteroatoms. The van der Waals surface area contributed by atoms with E-state index in [0.717, 1.165) is 28.3 Å². The molecule has 0 spiro atoms. The van der Waals surface area contributed by atoms with Crippen LogP contribution in [-0.2, 0) is 21.1 Å². The zero-order valence-electron chi connectivity index (χ0n) is 13.7. The molecule has 0 bridgehead atoms. The largest absolute Gasteiger partial charge is 0.351 e. The predicted molar refractivity (Wildman–Crippen MR) is 95.3 cm³/mol. The van der Waals surface area contributed by atoms with Crippen molar-refractivity contribution < 1.29 is 13.2 Å². The number of hydrogen-bond acceptors (Lipinski definition) is 7. The van der Waals surface area contributed by atoms with Gasteiger partial charge in [0.05, 0.1) is 23.4 Å². The zero-order chi connectivity index (χ0) is 17.3. The summed E-state index contributed by atoms with van der Waals surface area (Å²) in [6.45, 7) is 2.12. The van der Waals surface area contributed by atoms with E-state index in [-0.39, 0.29) is 30.0 Å². The second-order valence-electron chi connectivity index (χ2n) is 5.98. The molecule has 2 aromatic heterocycles. The van der Waals surface area contributed by atoms with Gasteiger partial charge in [0.1, 0.15) is 16.5 Å². The van der Waals surface area contributed by atoms with E-state index in [4.69, 9.17) is 0 Å². The summed E-state index contributed by atoms with van der Waals surface area (Å²) in [7, 11) is -1.19. The van der Waals surface area contributed by atoms with Gasteiger partial charge in [0, 0.05) is 19.5 Å². The number of aromatic nitrogens is 2. The highest BCUT2D eigenvalue weighted by atomic mass is 32.2. The van der Waals surface area contributed by atoms with Crippen molar-refractivity contribution in [2.24, 2.45) is 0 Å². The van der Waals surface area contributed by atoms with Gasteiger partial charge in [0.25, 0.3) is 0 Å². The number of carbonyl (C=O) groups excluding carboxylic acids is 1. The van der Waals surface area contributed by atoms with Gasteiger partial charge in [-0.15, -0.1) is 11.3 Å². The zero-order valence-corrected chi connectivity index (χ0v) is 15.3. The fraction of sp³-hybridized carbons (Fsp3) is 0.533. The first-order valence-electron chi connectivity index (χ1n) is 7.83. The highest BCUT2D eigenvalue weighted by Gasteiger charge is 2.29. The van der Waals surface area contributed by atoms with Crippen LogP contribution in [0.25, 0.3) is 10.2 Å². The number of thiophene rings is 1. The average molecular weight is 368 g/mol. The van der Waals surface area contributed by atoms with Gasteiger partial charge in [-0.3, -0.25) is 4.79 Å². The highest BCUT2D eigenvalue weighted by molar-refractivity contribution is 7.91. The molecule has 2 aromatic rings. The molecule has 0 saturated carbocycles. The van der Waals surface area contributed by atoms with Gasteiger partial charge < -0.3 is 10.2 Å². The normalized spacial score (nSPS) is 19.5. The minimum absolute atomic E-state index is 0.0325. The van der Waals surface area contributed by atoms with Crippen LogP contribution in [0.3, 0.4) is 0 Å². The Kier molecular flexibility index (Phi) is 4.73. The SMILES string of the molecule is CCc1nc(N(C)CC(=O)NC2CCS(=O)(=O)C2)c2ccsc2n1. The molecule has 3 rings (SSSR count). The fourth-order valence-corrected chi connectivity index (χ4v) is 5.26. The Labute approximate surface area is 145 Å². The summed E-state index contributed by atoms with van der Waals surface area (Å²) in [4.78, 5) is 24.0. The van der Waals surface area contributed by atoms with E-state index in [9.17, 15) is 13.2 Å². The van der Waals surface area contributed by atoms with Crippen molar-refractivity contribution in [2.45, 2.75) is 25.8 Å². The Morgan fingerprint density at radius 1 is 1.46 bits per heavy atom. The first-order valence-corrected chi connectivity index (χ1v) is 10.5. The second-order valence-corrected chi connectivity index (χ2v) is 9.10. The lowest BCUT2D eigenvalue weighted by Gasteiger charge is -2.20. The van der Waals surface area contributed by atoms with Crippen LogP contribution < -0.4 is 10.2 Å². The van der Waals surface area contributed by atoms with Gasteiger partial charge in [0.2, 0.25) is 5.91 Å². The summed E-state index contributed by atoms with van der Waals surface area (Å²) in [5.41, 5.74) is 0. The van der Waals surface area contributed by atoms with E-state index in [0.29, 0.717) is 6.42 Å². The van der Waals surface area contributed by atoms with Crippen LogP contribution in [0.2, 0.25) is 0 Å². The number of carbonyl (C=O) groups is 1. The van der Waals surface area contributed by atoms with Crippen molar-refractivity contribution >= 4 is 43.1 Å². The monoisotopic (exact) mass is 368 g/mol. The molecule has 1 fully saturated rings. The van der Waals surface area contributed by atoms with E-state index in [1.807, 2.05) is 25.4 Å². The number of rotatable bonds is 5. The summed E-state index contributed by atoms with van der Waals surface area (Å²) in [5, 5.41) is 5.69. The molecule has 1 unspecified atom stereocenters. The smallest absolute Gasteiger partial charge is 0.239 e. The molecule has 0 radical (unpaired) electrons. The molecule has 24 heavy (non-hydrogen) atoms. The summed E-state index contributed by atoms with van der Waals surface area (Å²) in [6.07, 6.45) is 1.21. The van der Waals surface area contributed by atoms with E-state index < -0.39 is 9.84 Å². The van der Waals surface area contributed by atoms with Crippen LogP contribution in [0.5, 0.6) is 0 Å².